The summed E-state index contributed by atoms with van der Waals surface area (Å²) in [5.74, 6) is -1.01. The third-order valence-electron chi connectivity index (χ3n) is 2.37. The molecule has 0 unspecified atom stereocenters. The van der Waals surface area contributed by atoms with Crippen LogP contribution in [0, 0.1) is 0 Å². The first-order valence-corrected chi connectivity index (χ1v) is 7.31. The van der Waals surface area contributed by atoms with Crippen molar-refractivity contribution in [3.8, 4) is 0 Å². The highest BCUT2D eigenvalue weighted by Crippen LogP contribution is 2.36. The summed E-state index contributed by atoms with van der Waals surface area (Å²) in [6.45, 7) is 0. The minimum Gasteiger partial charge on any atom is -0.481 e. The Morgan fingerprint density at radius 2 is 2.05 bits per heavy atom. The number of halogens is 2. The van der Waals surface area contributed by atoms with Crippen molar-refractivity contribution in [2.24, 2.45) is 4.40 Å². The Bertz CT molecular complexity index is 685. The molecular weight excluding hydrogens is 315 g/mol. The van der Waals surface area contributed by atoms with Gasteiger partial charge in [0.2, 0.25) is 0 Å². The molecule has 0 amide bonds. The number of carbonyl (C=O) groups is 1. The number of hydrogen-bond donors (Lipinski definition) is 2. The molecule has 0 fully saturated rings. The van der Waals surface area contributed by atoms with Gasteiger partial charge in [-0.15, -0.1) is 4.40 Å². The third-order valence-corrected chi connectivity index (χ3v) is 4.23. The van der Waals surface area contributed by atoms with Crippen LogP contribution < -0.4 is 5.32 Å². The summed E-state index contributed by atoms with van der Waals surface area (Å²) in [7, 11) is -3.92. The lowest BCUT2D eigenvalue weighted by molar-refractivity contribution is -0.136. The topological polar surface area (TPSA) is 95.8 Å². The molecule has 0 aliphatic carbocycles. The van der Waals surface area contributed by atoms with Gasteiger partial charge < -0.3 is 10.4 Å². The Balaban J connectivity index is 2.44. The second-order valence-corrected chi connectivity index (χ2v) is 6.21. The number of anilines is 1. The number of hydrogen-bond acceptors (Lipinski definition) is 4. The second kappa shape index (κ2) is 4.99. The number of sulfonamides is 1. The van der Waals surface area contributed by atoms with Crippen LogP contribution in [0.25, 0.3) is 0 Å². The van der Waals surface area contributed by atoms with Gasteiger partial charge in [-0.05, 0) is 12.1 Å². The highest BCUT2D eigenvalue weighted by atomic mass is 35.5. The van der Waals surface area contributed by atoms with Crippen molar-refractivity contribution in [3.63, 3.8) is 0 Å². The van der Waals surface area contributed by atoms with E-state index < -0.39 is 16.0 Å². The number of amidine groups is 1. The van der Waals surface area contributed by atoms with Crippen LogP contribution in [-0.4, -0.2) is 25.3 Å². The summed E-state index contributed by atoms with van der Waals surface area (Å²) in [6.07, 6.45) is -0.269. The number of carboxylic acids is 1. The van der Waals surface area contributed by atoms with Crippen molar-refractivity contribution in [1.29, 1.82) is 0 Å². The van der Waals surface area contributed by atoms with Crippen molar-refractivity contribution in [3.05, 3.63) is 22.2 Å². The van der Waals surface area contributed by atoms with E-state index in [1.807, 2.05) is 0 Å². The number of aliphatic carboxylic acids is 1. The maximum absolute atomic E-state index is 11.9. The van der Waals surface area contributed by atoms with Gasteiger partial charge in [0.1, 0.15) is 10.7 Å². The fourth-order valence-electron chi connectivity index (χ4n) is 1.57. The van der Waals surface area contributed by atoms with E-state index in [2.05, 4.69) is 9.71 Å². The fraction of sp³-hybridized carbons (Fsp3) is 0.200. The monoisotopic (exact) mass is 322 g/mol. The van der Waals surface area contributed by atoms with E-state index in [9.17, 15) is 13.2 Å². The molecule has 1 aliphatic heterocycles. The zero-order valence-electron chi connectivity index (χ0n) is 9.35. The Labute approximate surface area is 119 Å². The Hall–Kier alpha value is -1.31. The molecule has 0 radical (unpaired) electrons. The van der Waals surface area contributed by atoms with E-state index >= 15 is 0 Å². The van der Waals surface area contributed by atoms with Crippen molar-refractivity contribution in [2.75, 3.05) is 5.32 Å². The standard InChI is InChI=1S/C10H8Cl2N2O4S/c11-5-3-6(12)10-7(4-5)19(17,18)14-8(13-10)1-2-9(15)16/h3-4H,1-2H2,(H,13,14)(H,15,16). The first-order valence-electron chi connectivity index (χ1n) is 5.11. The molecule has 1 aromatic carbocycles. The zero-order valence-corrected chi connectivity index (χ0v) is 11.7. The lowest BCUT2D eigenvalue weighted by atomic mass is 10.2. The van der Waals surface area contributed by atoms with Crippen LogP contribution in [0.4, 0.5) is 5.69 Å². The average Bonchev–Trinajstić information content (AvgIpc) is 2.27. The van der Waals surface area contributed by atoms with E-state index in [4.69, 9.17) is 28.3 Å². The van der Waals surface area contributed by atoms with Crippen molar-refractivity contribution in [2.45, 2.75) is 17.7 Å². The summed E-state index contributed by atoms with van der Waals surface area (Å²) < 4.78 is 27.4. The highest BCUT2D eigenvalue weighted by Gasteiger charge is 2.27. The normalized spacial score (nSPS) is 16.2. The second-order valence-electron chi connectivity index (χ2n) is 3.79. The van der Waals surface area contributed by atoms with Gasteiger partial charge in [0.15, 0.2) is 0 Å². The summed E-state index contributed by atoms with van der Waals surface area (Å²) >= 11 is 11.7. The molecule has 0 atom stereocenters. The molecule has 9 heteroatoms. The van der Waals surface area contributed by atoms with Crippen LogP contribution in [-0.2, 0) is 14.8 Å². The van der Waals surface area contributed by atoms with Crippen LogP contribution >= 0.6 is 23.2 Å². The molecule has 2 rings (SSSR count). The fourth-order valence-corrected chi connectivity index (χ4v) is 3.45. The van der Waals surface area contributed by atoms with E-state index in [-0.39, 0.29) is 39.3 Å². The predicted molar refractivity (Wildman–Crippen MR) is 71.6 cm³/mol. The lowest BCUT2D eigenvalue weighted by Crippen LogP contribution is -2.22. The molecule has 0 spiro atoms. The van der Waals surface area contributed by atoms with Gasteiger partial charge in [-0.3, -0.25) is 4.79 Å². The summed E-state index contributed by atoms with van der Waals surface area (Å²) in [6, 6.07) is 2.63. The van der Waals surface area contributed by atoms with Crippen molar-refractivity contribution in [1.82, 2.24) is 0 Å². The quantitative estimate of drug-likeness (QED) is 0.890. The molecule has 6 nitrogen and oxygen atoms in total. The predicted octanol–water partition coefficient (Wildman–Crippen LogP) is 2.37. The summed E-state index contributed by atoms with van der Waals surface area (Å²) in [5.41, 5.74) is 0.168. The lowest BCUT2D eigenvalue weighted by Gasteiger charge is -2.19. The first-order chi connectivity index (χ1) is 8.79. The van der Waals surface area contributed by atoms with Gasteiger partial charge in [0.25, 0.3) is 10.0 Å². The van der Waals surface area contributed by atoms with Crippen molar-refractivity contribution >= 4 is 50.7 Å². The number of nitrogens with zero attached hydrogens (tertiary/aromatic N) is 1. The smallest absolute Gasteiger partial charge is 0.303 e. The number of rotatable bonds is 3. The maximum atomic E-state index is 11.9. The molecule has 0 aromatic heterocycles. The van der Waals surface area contributed by atoms with E-state index in [0.29, 0.717) is 0 Å². The largest absolute Gasteiger partial charge is 0.481 e. The molecule has 0 saturated carbocycles. The van der Waals surface area contributed by atoms with Gasteiger partial charge in [0, 0.05) is 11.4 Å². The van der Waals surface area contributed by atoms with E-state index in [1.165, 1.54) is 12.1 Å². The molecule has 1 aromatic rings. The van der Waals surface area contributed by atoms with Crippen LogP contribution in [0.5, 0.6) is 0 Å². The number of fused-ring (bicyclic) bond motifs is 1. The van der Waals surface area contributed by atoms with Crippen LogP contribution in [0.1, 0.15) is 12.8 Å². The minimum absolute atomic E-state index is 0.0348. The molecule has 2 N–H and O–H groups in total. The molecule has 0 bridgehead atoms. The first kappa shape index (κ1) is 14.1. The van der Waals surface area contributed by atoms with Gasteiger partial charge in [0.05, 0.1) is 17.1 Å². The van der Waals surface area contributed by atoms with Crippen LogP contribution in [0.15, 0.2) is 21.4 Å². The molecule has 102 valence electrons. The molecule has 0 saturated heterocycles. The zero-order chi connectivity index (χ0) is 14.2. The minimum atomic E-state index is -3.92. The van der Waals surface area contributed by atoms with Crippen LogP contribution in [0.2, 0.25) is 10.0 Å². The maximum Gasteiger partial charge on any atom is 0.303 e. The number of carboxylic acid groups (broad SMARTS) is 1. The molecule has 1 aliphatic rings. The number of benzene rings is 1. The SMILES string of the molecule is O=C(O)CCC1=NS(=O)(=O)c2cc(Cl)cc(Cl)c2N1. The van der Waals surface area contributed by atoms with Crippen molar-refractivity contribution < 1.29 is 18.3 Å². The van der Waals surface area contributed by atoms with Gasteiger partial charge >= 0.3 is 5.97 Å². The van der Waals surface area contributed by atoms with Gasteiger partial charge in [-0.2, -0.15) is 8.42 Å². The van der Waals surface area contributed by atoms with E-state index in [0.717, 1.165) is 0 Å². The summed E-state index contributed by atoms with van der Waals surface area (Å²) in [5, 5.41) is 11.6. The Kier molecular flexibility index (Phi) is 3.71. The third kappa shape index (κ3) is 2.99. The van der Waals surface area contributed by atoms with Crippen LogP contribution in [0.3, 0.4) is 0 Å². The molecule has 1 heterocycles. The van der Waals surface area contributed by atoms with Gasteiger partial charge in [-0.1, -0.05) is 23.2 Å². The van der Waals surface area contributed by atoms with E-state index in [1.54, 1.807) is 0 Å². The average molecular weight is 323 g/mol. The number of nitrogens with one attached hydrogen (secondary N) is 1. The molecular formula is C10H8Cl2N2O4S. The Morgan fingerprint density at radius 1 is 1.37 bits per heavy atom. The Morgan fingerprint density at radius 3 is 2.68 bits per heavy atom. The highest BCUT2D eigenvalue weighted by molar-refractivity contribution is 7.90. The van der Waals surface area contributed by atoms with Gasteiger partial charge in [-0.25, -0.2) is 0 Å². The molecule has 19 heavy (non-hydrogen) atoms. The summed E-state index contributed by atoms with van der Waals surface area (Å²) in [4.78, 5) is 10.4.